The smallest absolute Gasteiger partial charge is 0.115 e. The highest BCUT2D eigenvalue weighted by atomic mass is 16.3. The molecule has 2 N–H and O–H groups in total. The molecule has 0 saturated heterocycles. The van der Waals surface area contributed by atoms with E-state index in [-0.39, 0.29) is 0 Å². The van der Waals surface area contributed by atoms with Crippen LogP contribution in [-0.2, 0) is 6.42 Å². The van der Waals surface area contributed by atoms with E-state index in [0.29, 0.717) is 11.8 Å². The van der Waals surface area contributed by atoms with Gasteiger partial charge in [-0.3, -0.25) is 0 Å². The number of nitrogens with one attached hydrogen (secondary N) is 1. The predicted octanol–water partition coefficient (Wildman–Crippen LogP) is 2.71. The second-order valence-corrected chi connectivity index (χ2v) is 4.96. The largest absolute Gasteiger partial charge is 0.508 e. The molecule has 2 nitrogen and oxygen atoms in total. The topological polar surface area (TPSA) is 32.3 Å². The van der Waals surface area contributed by atoms with Crippen LogP contribution < -0.4 is 5.32 Å². The summed E-state index contributed by atoms with van der Waals surface area (Å²) in [4.78, 5) is 0. The van der Waals surface area contributed by atoms with Crippen molar-refractivity contribution in [3.05, 3.63) is 29.8 Å². The maximum absolute atomic E-state index is 9.18. The fourth-order valence-electron chi connectivity index (χ4n) is 2.00. The summed E-state index contributed by atoms with van der Waals surface area (Å²) < 4.78 is 0. The molecule has 16 heavy (non-hydrogen) atoms. The van der Waals surface area contributed by atoms with Gasteiger partial charge in [0.15, 0.2) is 0 Å². The van der Waals surface area contributed by atoms with Crippen LogP contribution in [0.2, 0.25) is 0 Å². The number of rotatable bonds is 6. The lowest BCUT2D eigenvalue weighted by molar-refractivity contribution is 0.474. The molecule has 2 heteroatoms. The molecule has 0 bridgehead atoms. The maximum Gasteiger partial charge on any atom is 0.115 e. The monoisotopic (exact) mass is 219 g/mol. The van der Waals surface area contributed by atoms with Crippen molar-refractivity contribution in [1.82, 2.24) is 5.32 Å². The Bertz CT molecular complexity index is 316. The van der Waals surface area contributed by atoms with E-state index in [2.05, 4.69) is 12.2 Å². The maximum atomic E-state index is 9.18. The Morgan fingerprint density at radius 2 is 2.00 bits per heavy atom. The van der Waals surface area contributed by atoms with E-state index >= 15 is 0 Å². The van der Waals surface area contributed by atoms with Crippen molar-refractivity contribution < 1.29 is 5.11 Å². The quantitative estimate of drug-likeness (QED) is 0.771. The van der Waals surface area contributed by atoms with E-state index < -0.39 is 0 Å². The highest BCUT2D eigenvalue weighted by Gasteiger charge is 2.20. The molecular weight excluding hydrogens is 198 g/mol. The number of hydrogen-bond donors (Lipinski definition) is 2. The Morgan fingerprint density at radius 3 is 2.62 bits per heavy atom. The summed E-state index contributed by atoms with van der Waals surface area (Å²) in [6.45, 7) is 3.36. The molecule has 1 fully saturated rings. The van der Waals surface area contributed by atoms with E-state index in [9.17, 15) is 5.11 Å². The standard InChI is InChI=1S/C14H21NO/c1-11(15-9-8-12-2-3-12)10-13-4-6-14(16)7-5-13/h4-7,11-12,15-16H,2-3,8-10H2,1H3. The number of aromatic hydroxyl groups is 1. The van der Waals surface area contributed by atoms with E-state index in [4.69, 9.17) is 0 Å². The van der Waals surface area contributed by atoms with Gasteiger partial charge in [0.2, 0.25) is 0 Å². The fraction of sp³-hybridized carbons (Fsp3) is 0.571. The van der Waals surface area contributed by atoms with Crippen LogP contribution in [0.5, 0.6) is 5.75 Å². The van der Waals surface area contributed by atoms with Crippen LogP contribution >= 0.6 is 0 Å². The Hall–Kier alpha value is -1.02. The third-order valence-electron chi connectivity index (χ3n) is 3.22. The van der Waals surface area contributed by atoms with Gasteiger partial charge in [-0.2, -0.15) is 0 Å². The number of hydrogen-bond acceptors (Lipinski definition) is 2. The lowest BCUT2D eigenvalue weighted by atomic mass is 10.1. The first-order valence-electron chi connectivity index (χ1n) is 6.25. The normalized spacial score (nSPS) is 17.3. The molecule has 0 heterocycles. The molecule has 1 aromatic rings. The Morgan fingerprint density at radius 1 is 1.31 bits per heavy atom. The highest BCUT2D eigenvalue weighted by molar-refractivity contribution is 5.26. The van der Waals surface area contributed by atoms with Gasteiger partial charge >= 0.3 is 0 Å². The van der Waals surface area contributed by atoms with Crippen molar-refractivity contribution in [2.24, 2.45) is 5.92 Å². The Kier molecular flexibility index (Phi) is 3.83. The third-order valence-corrected chi connectivity index (χ3v) is 3.22. The van der Waals surface area contributed by atoms with Gasteiger partial charge in [0, 0.05) is 6.04 Å². The zero-order chi connectivity index (χ0) is 11.4. The zero-order valence-corrected chi connectivity index (χ0v) is 9.95. The van der Waals surface area contributed by atoms with Crippen LogP contribution in [0.3, 0.4) is 0 Å². The summed E-state index contributed by atoms with van der Waals surface area (Å²) in [7, 11) is 0. The first-order valence-corrected chi connectivity index (χ1v) is 6.25. The number of phenols is 1. The number of phenolic OH excluding ortho intramolecular Hbond substituents is 1. The molecule has 0 spiro atoms. The molecule has 0 aromatic heterocycles. The van der Waals surface area contributed by atoms with Crippen LogP contribution in [0.1, 0.15) is 31.7 Å². The molecule has 1 aliphatic rings. The van der Waals surface area contributed by atoms with Crippen molar-refractivity contribution in [1.29, 1.82) is 0 Å². The van der Waals surface area contributed by atoms with Gasteiger partial charge in [0.1, 0.15) is 5.75 Å². The van der Waals surface area contributed by atoms with Gasteiger partial charge in [0.25, 0.3) is 0 Å². The number of benzene rings is 1. The summed E-state index contributed by atoms with van der Waals surface area (Å²) in [5.41, 5.74) is 1.28. The van der Waals surface area contributed by atoms with Gasteiger partial charge in [-0.05, 0) is 49.9 Å². The predicted molar refractivity (Wildman–Crippen MR) is 66.6 cm³/mol. The molecule has 1 atom stereocenters. The van der Waals surface area contributed by atoms with E-state index in [1.165, 1.54) is 24.8 Å². The lowest BCUT2D eigenvalue weighted by Gasteiger charge is -2.13. The molecule has 1 aromatic carbocycles. The average molecular weight is 219 g/mol. The van der Waals surface area contributed by atoms with Crippen molar-refractivity contribution in [3.8, 4) is 5.75 Å². The van der Waals surface area contributed by atoms with Crippen molar-refractivity contribution >= 4 is 0 Å². The minimum atomic E-state index is 0.345. The van der Waals surface area contributed by atoms with Crippen LogP contribution in [0.4, 0.5) is 0 Å². The van der Waals surface area contributed by atoms with Gasteiger partial charge in [0.05, 0.1) is 0 Å². The fourth-order valence-corrected chi connectivity index (χ4v) is 2.00. The van der Waals surface area contributed by atoms with Gasteiger partial charge in [-0.1, -0.05) is 25.0 Å². The average Bonchev–Trinajstić information content (AvgIpc) is 3.05. The van der Waals surface area contributed by atoms with Crippen LogP contribution in [0, 0.1) is 5.92 Å². The van der Waals surface area contributed by atoms with Gasteiger partial charge in [-0.15, -0.1) is 0 Å². The van der Waals surface area contributed by atoms with E-state index in [1.54, 1.807) is 12.1 Å². The first kappa shape index (κ1) is 11.5. The van der Waals surface area contributed by atoms with E-state index in [1.807, 2.05) is 12.1 Å². The highest BCUT2D eigenvalue weighted by Crippen LogP contribution is 2.31. The molecule has 1 unspecified atom stereocenters. The SMILES string of the molecule is CC(Cc1ccc(O)cc1)NCCC1CC1. The van der Waals surface area contributed by atoms with Crippen LogP contribution in [-0.4, -0.2) is 17.7 Å². The lowest BCUT2D eigenvalue weighted by Crippen LogP contribution is -2.29. The van der Waals surface area contributed by atoms with Gasteiger partial charge in [-0.25, -0.2) is 0 Å². The summed E-state index contributed by atoms with van der Waals surface area (Å²) >= 11 is 0. The van der Waals surface area contributed by atoms with E-state index in [0.717, 1.165) is 18.9 Å². The second kappa shape index (κ2) is 5.35. The van der Waals surface area contributed by atoms with Gasteiger partial charge < -0.3 is 10.4 Å². The molecule has 88 valence electrons. The van der Waals surface area contributed by atoms with Crippen LogP contribution in [0.25, 0.3) is 0 Å². The Labute approximate surface area is 97.7 Å². The molecular formula is C14H21NO. The summed E-state index contributed by atoms with van der Waals surface area (Å²) in [6, 6.07) is 8.02. The summed E-state index contributed by atoms with van der Waals surface area (Å²) in [6.07, 6.45) is 5.24. The molecule has 2 rings (SSSR count). The summed E-state index contributed by atoms with van der Waals surface area (Å²) in [5, 5.41) is 12.7. The molecule has 0 aliphatic heterocycles. The molecule has 1 aliphatic carbocycles. The van der Waals surface area contributed by atoms with Crippen molar-refractivity contribution in [2.75, 3.05) is 6.54 Å². The molecule has 0 radical (unpaired) electrons. The Balaban J connectivity index is 1.68. The first-order chi connectivity index (χ1) is 7.74. The zero-order valence-electron chi connectivity index (χ0n) is 9.95. The summed E-state index contributed by atoms with van der Waals surface area (Å²) in [5.74, 6) is 1.35. The van der Waals surface area contributed by atoms with Crippen molar-refractivity contribution in [2.45, 2.75) is 38.6 Å². The third kappa shape index (κ3) is 3.86. The molecule has 1 saturated carbocycles. The van der Waals surface area contributed by atoms with Crippen molar-refractivity contribution in [3.63, 3.8) is 0 Å². The second-order valence-electron chi connectivity index (χ2n) is 4.96. The van der Waals surface area contributed by atoms with Crippen LogP contribution in [0.15, 0.2) is 24.3 Å². The molecule has 0 amide bonds. The minimum Gasteiger partial charge on any atom is -0.508 e. The minimum absolute atomic E-state index is 0.345.